The van der Waals surface area contributed by atoms with Crippen LogP contribution in [0.25, 0.3) is 0 Å². The standard InChI is InChI=1S/C21H25ClFNO4S/c1-21(28-18-6-3-16(22)4-7-18)9-11-24(12-10-21)13-14-27-19-8-5-17(23)15-20(19)29(2,25)26/h3-8,15H,9-14H2,1-2H3. The fourth-order valence-corrected chi connectivity index (χ4v) is 4.26. The van der Waals surface area contributed by atoms with Crippen LogP contribution in [0.5, 0.6) is 11.5 Å². The van der Waals surface area contributed by atoms with Gasteiger partial charge in [0.05, 0.1) is 0 Å². The first-order valence-corrected chi connectivity index (χ1v) is 11.7. The number of nitrogens with zero attached hydrogens (tertiary/aromatic N) is 1. The summed E-state index contributed by atoms with van der Waals surface area (Å²) in [4.78, 5) is 2.12. The van der Waals surface area contributed by atoms with Crippen LogP contribution in [0.4, 0.5) is 4.39 Å². The van der Waals surface area contributed by atoms with E-state index in [0.29, 0.717) is 18.2 Å². The maximum Gasteiger partial charge on any atom is 0.179 e. The van der Waals surface area contributed by atoms with Crippen LogP contribution in [-0.2, 0) is 9.84 Å². The maximum absolute atomic E-state index is 13.4. The van der Waals surface area contributed by atoms with Crippen molar-refractivity contribution in [1.82, 2.24) is 4.90 Å². The molecule has 1 aliphatic rings. The van der Waals surface area contributed by atoms with Crippen LogP contribution in [0.2, 0.25) is 5.02 Å². The van der Waals surface area contributed by atoms with Gasteiger partial charge >= 0.3 is 0 Å². The number of rotatable bonds is 7. The van der Waals surface area contributed by atoms with Crippen molar-refractivity contribution in [3.63, 3.8) is 0 Å². The average Bonchev–Trinajstić information content (AvgIpc) is 2.66. The van der Waals surface area contributed by atoms with Gasteiger partial charge in [0.15, 0.2) is 9.84 Å². The number of piperidine rings is 1. The molecule has 1 fully saturated rings. The van der Waals surface area contributed by atoms with Crippen molar-refractivity contribution in [3.05, 3.63) is 53.3 Å². The Morgan fingerprint density at radius 2 is 1.79 bits per heavy atom. The van der Waals surface area contributed by atoms with Gasteiger partial charge in [0.2, 0.25) is 0 Å². The molecule has 0 amide bonds. The molecule has 0 bridgehead atoms. The van der Waals surface area contributed by atoms with Crippen molar-refractivity contribution in [2.24, 2.45) is 0 Å². The van der Waals surface area contributed by atoms with E-state index in [0.717, 1.165) is 44.0 Å². The monoisotopic (exact) mass is 441 g/mol. The number of halogens is 2. The van der Waals surface area contributed by atoms with E-state index in [4.69, 9.17) is 21.1 Å². The van der Waals surface area contributed by atoms with Gasteiger partial charge in [-0.15, -0.1) is 0 Å². The fourth-order valence-electron chi connectivity index (χ4n) is 3.31. The highest BCUT2D eigenvalue weighted by atomic mass is 35.5. The van der Waals surface area contributed by atoms with Crippen LogP contribution in [0, 0.1) is 5.82 Å². The number of hydrogen-bond acceptors (Lipinski definition) is 5. The molecule has 0 N–H and O–H groups in total. The number of likely N-dealkylation sites (tertiary alicyclic amines) is 1. The summed E-state index contributed by atoms with van der Waals surface area (Å²) in [6.07, 6.45) is 2.77. The summed E-state index contributed by atoms with van der Waals surface area (Å²) < 4.78 is 48.9. The van der Waals surface area contributed by atoms with Gasteiger partial charge in [-0.05, 0) is 62.2 Å². The largest absolute Gasteiger partial charge is 0.491 e. The van der Waals surface area contributed by atoms with Crippen molar-refractivity contribution in [2.45, 2.75) is 30.3 Å². The van der Waals surface area contributed by atoms with Crippen LogP contribution in [0.3, 0.4) is 0 Å². The van der Waals surface area contributed by atoms with Gasteiger partial charge < -0.3 is 9.47 Å². The molecular formula is C21H25ClFNO4S. The first-order valence-electron chi connectivity index (χ1n) is 9.44. The van der Waals surface area contributed by atoms with Gasteiger partial charge in [0, 0.05) is 30.9 Å². The van der Waals surface area contributed by atoms with Gasteiger partial charge in [-0.25, -0.2) is 12.8 Å². The molecule has 0 saturated carbocycles. The predicted molar refractivity (Wildman–Crippen MR) is 111 cm³/mol. The van der Waals surface area contributed by atoms with E-state index in [1.165, 1.54) is 12.1 Å². The molecule has 0 aromatic heterocycles. The molecule has 1 aliphatic heterocycles. The Hall–Kier alpha value is -1.83. The van der Waals surface area contributed by atoms with E-state index in [-0.39, 0.29) is 16.2 Å². The second-order valence-corrected chi connectivity index (χ2v) is 9.98. The summed E-state index contributed by atoms with van der Waals surface area (Å²) in [7, 11) is -3.56. The molecule has 8 heteroatoms. The Morgan fingerprint density at radius 3 is 2.41 bits per heavy atom. The summed E-state index contributed by atoms with van der Waals surface area (Å²) in [5, 5.41) is 0.678. The lowest BCUT2D eigenvalue weighted by atomic mass is 9.93. The lowest BCUT2D eigenvalue weighted by molar-refractivity contribution is 0.0135. The number of benzene rings is 2. The molecule has 5 nitrogen and oxygen atoms in total. The number of sulfone groups is 1. The Balaban J connectivity index is 1.50. The highest BCUT2D eigenvalue weighted by Crippen LogP contribution is 2.29. The topological polar surface area (TPSA) is 55.8 Å². The molecule has 158 valence electrons. The molecule has 1 saturated heterocycles. The number of hydrogen-bond donors (Lipinski definition) is 0. The van der Waals surface area contributed by atoms with Gasteiger partial charge in [-0.3, -0.25) is 4.90 Å². The Labute approximate surface area is 176 Å². The van der Waals surface area contributed by atoms with Crippen LogP contribution in [0.15, 0.2) is 47.4 Å². The van der Waals surface area contributed by atoms with Crippen LogP contribution in [-0.4, -0.2) is 51.4 Å². The SMILES string of the molecule is CC1(Oc2ccc(Cl)cc2)CCN(CCOc2ccc(F)cc2S(C)(=O)=O)CC1. The summed E-state index contributed by atoms with van der Waals surface area (Å²) in [5.74, 6) is 0.383. The molecule has 0 radical (unpaired) electrons. The van der Waals surface area contributed by atoms with E-state index >= 15 is 0 Å². The molecule has 0 aliphatic carbocycles. The normalized spacial score (nSPS) is 17.1. The van der Waals surface area contributed by atoms with Crippen molar-refractivity contribution in [2.75, 3.05) is 32.5 Å². The molecule has 29 heavy (non-hydrogen) atoms. The minimum atomic E-state index is -3.56. The van der Waals surface area contributed by atoms with Gasteiger partial charge in [0.1, 0.15) is 34.4 Å². The van der Waals surface area contributed by atoms with Crippen molar-refractivity contribution in [3.8, 4) is 11.5 Å². The van der Waals surface area contributed by atoms with Crippen LogP contribution in [0.1, 0.15) is 19.8 Å². The summed E-state index contributed by atoms with van der Waals surface area (Å²) >= 11 is 5.92. The van der Waals surface area contributed by atoms with Crippen molar-refractivity contribution < 1.29 is 22.3 Å². The van der Waals surface area contributed by atoms with Gasteiger partial charge in [0.25, 0.3) is 0 Å². The van der Waals surface area contributed by atoms with Gasteiger partial charge in [-0.1, -0.05) is 11.6 Å². The highest BCUT2D eigenvalue weighted by Gasteiger charge is 2.32. The quantitative estimate of drug-likeness (QED) is 0.644. The van der Waals surface area contributed by atoms with Gasteiger partial charge in [-0.2, -0.15) is 0 Å². The van der Waals surface area contributed by atoms with Crippen LogP contribution >= 0.6 is 11.6 Å². The molecule has 0 unspecified atom stereocenters. The zero-order valence-electron chi connectivity index (χ0n) is 16.5. The van der Waals surface area contributed by atoms with Crippen LogP contribution < -0.4 is 9.47 Å². The molecule has 2 aromatic rings. The summed E-state index contributed by atoms with van der Waals surface area (Å²) in [5.41, 5.74) is -0.244. The maximum atomic E-state index is 13.4. The third-order valence-electron chi connectivity index (χ3n) is 5.06. The third-order valence-corrected chi connectivity index (χ3v) is 6.43. The predicted octanol–water partition coefficient (Wildman–Crippen LogP) is 4.19. The molecule has 0 spiro atoms. The smallest absolute Gasteiger partial charge is 0.179 e. The highest BCUT2D eigenvalue weighted by molar-refractivity contribution is 7.90. The Morgan fingerprint density at radius 1 is 1.14 bits per heavy atom. The first kappa shape index (κ1) is 21.9. The minimum Gasteiger partial charge on any atom is -0.491 e. The molecule has 0 atom stereocenters. The minimum absolute atomic E-state index is 0.125. The Kier molecular flexibility index (Phi) is 6.71. The van der Waals surface area contributed by atoms with E-state index in [1.54, 1.807) is 0 Å². The van der Waals surface area contributed by atoms with E-state index < -0.39 is 15.7 Å². The Bertz CT molecular complexity index is 942. The molecule has 1 heterocycles. The van der Waals surface area contributed by atoms with Crippen molar-refractivity contribution >= 4 is 21.4 Å². The first-order chi connectivity index (χ1) is 13.6. The summed E-state index contributed by atoms with van der Waals surface area (Å²) in [6.45, 7) is 4.76. The van der Waals surface area contributed by atoms with Crippen molar-refractivity contribution in [1.29, 1.82) is 0 Å². The van der Waals surface area contributed by atoms with E-state index in [9.17, 15) is 12.8 Å². The zero-order chi connectivity index (χ0) is 21.1. The second kappa shape index (κ2) is 8.90. The third kappa shape index (κ3) is 6.07. The summed E-state index contributed by atoms with van der Waals surface area (Å²) in [6, 6.07) is 10.9. The lowest BCUT2D eigenvalue weighted by Crippen LogP contribution is -2.47. The number of ether oxygens (including phenoxy) is 2. The second-order valence-electron chi connectivity index (χ2n) is 7.56. The van der Waals surface area contributed by atoms with E-state index in [1.807, 2.05) is 24.3 Å². The lowest BCUT2D eigenvalue weighted by Gasteiger charge is -2.39. The molecular weight excluding hydrogens is 417 g/mol. The fraction of sp³-hybridized carbons (Fsp3) is 0.429. The zero-order valence-corrected chi connectivity index (χ0v) is 18.1. The average molecular weight is 442 g/mol. The van der Waals surface area contributed by atoms with E-state index in [2.05, 4.69) is 11.8 Å². The molecule has 2 aromatic carbocycles. The molecule has 3 rings (SSSR count).